The van der Waals surface area contributed by atoms with E-state index in [-0.39, 0.29) is 30.8 Å². The van der Waals surface area contributed by atoms with E-state index >= 15 is 0 Å². The van der Waals surface area contributed by atoms with Crippen LogP contribution in [0.3, 0.4) is 0 Å². The van der Waals surface area contributed by atoms with E-state index in [0.717, 1.165) is 0 Å². The Morgan fingerprint density at radius 1 is 1.33 bits per heavy atom. The van der Waals surface area contributed by atoms with E-state index in [4.69, 9.17) is 9.84 Å². The summed E-state index contributed by atoms with van der Waals surface area (Å²) in [7, 11) is 0. The molecule has 1 amide bonds. The number of ether oxygens (including phenoxy) is 1. The molecule has 1 aliphatic heterocycles. The maximum Gasteiger partial charge on any atom is 0.306 e. The Labute approximate surface area is 137 Å². The van der Waals surface area contributed by atoms with Crippen molar-refractivity contribution in [3.63, 3.8) is 0 Å². The first-order valence-electron chi connectivity index (χ1n) is 7.60. The van der Waals surface area contributed by atoms with Crippen molar-refractivity contribution >= 4 is 22.8 Å². The number of carbonyl (C=O) groups is 2. The summed E-state index contributed by atoms with van der Waals surface area (Å²) in [5, 5.41) is 13.4. The molecule has 1 N–H and O–H groups in total. The summed E-state index contributed by atoms with van der Waals surface area (Å²) in [6, 6.07) is 6.97. The molecule has 0 spiro atoms. The molecule has 1 atom stereocenters. The molecule has 1 saturated heterocycles. The molecule has 2 heterocycles. The first kappa shape index (κ1) is 16.1. The average molecular weight is 331 g/mol. The largest absolute Gasteiger partial charge is 0.481 e. The predicted octanol–water partition coefficient (Wildman–Crippen LogP) is 0.0986. The van der Waals surface area contributed by atoms with Crippen molar-refractivity contribution in [2.24, 2.45) is 0 Å². The van der Waals surface area contributed by atoms with Crippen LogP contribution in [0.2, 0.25) is 0 Å². The lowest BCUT2D eigenvalue weighted by Crippen LogP contribution is -2.47. The lowest BCUT2D eigenvalue weighted by molar-refractivity contribution is -0.148. The highest BCUT2D eigenvalue weighted by Crippen LogP contribution is 2.12. The SMILES string of the molecule is O=C(O)C[C@@H]1CN(C(=O)Cn2ncc(=O)c3ccccc32)CCO1. The molecule has 126 valence electrons. The molecule has 8 nitrogen and oxygen atoms in total. The number of carboxylic acids is 1. The van der Waals surface area contributed by atoms with Crippen LogP contribution in [0.25, 0.3) is 10.9 Å². The van der Waals surface area contributed by atoms with E-state index in [1.54, 1.807) is 29.2 Å². The van der Waals surface area contributed by atoms with Crippen LogP contribution in [0.5, 0.6) is 0 Å². The van der Waals surface area contributed by atoms with E-state index in [2.05, 4.69) is 5.10 Å². The molecule has 0 unspecified atom stereocenters. The van der Waals surface area contributed by atoms with Crippen molar-refractivity contribution in [1.29, 1.82) is 0 Å². The van der Waals surface area contributed by atoms with Gasteiger partial charge in [-0.1, -0.05) is 12.1 Å². The number of hydrogen-bond acceptors (Lipinski definition) is 5. The van der Waals surface area contributed by atoms with Gasteiger partial charge in [0.1, 0.15) is 6.54 Å². The van der Waals surface area contributed by atoms with Crippen molar-refractivity contribution < 1.29 is 19.4 Å². The third-order valence-electron chi connectivity index (χ3n) is 3.94. The van der Waals surface area contributed by atoms with Crippen molar-refractivity contribution in [2.75, 3.05) is 19.7 Å². The fourth-order valence-electron chi connectivity index (χ4n) is 2.78. The minimum absolute atomic E-state index is 0.0133. The van der Waals surface area contributed by atoms with Crippen LogP contribution in [0.1, 0.15) is 6.42 Å². The Kier molecular flexibility index (Phi) is 4.57. The van der Waals surface area contributed by atoms with Crippen LogP contribution in [0, 0.1) is 0 Å². The van der Waals surface area contributed by atoms with Gasteiger partial charge in [-0.2, -0.15) is 5.10 Å². The van der Waals surface area contributed by atoms with Crippen molar-refractivity contribution in [3.05, 3.63) is 40.7 Å². The molecule has 3 rings (SSSR count). The van der Waals surface area contributed by atoms with Gasteiger partial charge in [0.05, 0.1) is 30.8 Å². The number of nitrogens with zero attached hydrogens (tertiary/aromatic N) is 3. The monoisotopic (exact) mass is 331 g/mol. The number of carbonyl (C=O) groups excluding carboxylic acids is 1. The lowest BCUT2D eigenvalue weighted by Gasteiger charge is -2.32. The van der Waals surface area contributed by atoms with Crippen molar-refractivity contribution in [2.45, 2.75) is 19.1 Å². The first-order chi connectivity index (χ1) is 11.5. The van der Waals surface area contributed by atoms with Crippen LogP contribution in [0.4, 0.5) is 0 Å². The number of benzene rings is 1. The molecule has 1 aromatic heterocycles. The van der Waals surface area contributed by atoms with Gasteiger partial charge >= 0.3 is 5.97 Å². The summed E-state index contributed by atoms with van der Waals surface area (Å²) in [5.74, 6) is -1.14. The van der Waals surface area contributed by atoms with Gasteiger partial charge in [-0.05, 0) is 12.1 Å². The summed E-state index contributed by atoms with van der Waals surface area (Å²) >= 11 is 0. The summed E-state index contributed by atoms with van der Waals surface area (Å²) < 4.78 is 6.85. The summed E-state index contributed by atoms with van der Waals surface area (Å²) in [4.78, 5) is 36.7. The zero-order chi connectivity index (χ0) is 17.1. The maximum absolute atomic E-state index is 12.5. The number of hydrogen-bond donors (Lipinski definition) is 1. The number of amides is 1. The van der Waals surface area contributed by atoms with Gasteiger partial charge < -0.3 is 14.7 Å². The Hall–Kier alpha value is -2.74. The van der Waals surface area contributed by atoms with Gasteiger partial charge in [-0.15, -0.1) is 0 Å². The van der Waals surface area contributed by atoms with E-state index < -0.39 is 12.1 Å². The Balaban J connectivity index is 1.76. The third kappa shape index (κ3) is 3.43. The van der Waals surface area contributed by atoms with Crippen LogP contribution in [-0.2, 0) is 20.9 Å². The molecule has 1 fully saturated rings. The third-order valence-corrected chi connectivity index (χ3v) is 3.94. The summed E-state index contributed by atoms with van der Waals surface area (Å²) in [6.45, 7) is 0.943. The van der Waals surface area contributed by atoms with Crippen LogP contribution in [-0.4, -0.2) is 57.5 Å². The number of aliphatic carboxylic acids is 1. The number of aromatic nitrogens is 2. The number of carboxylic acid groups (broad SMARTS) is 1. The quantitative estimate of drug-likeness (QED) is 0.852. The topological polar surface area (TPSA) is 102 Å². The van der Waals surface area contributed by atoms with Crippen molar-refractivity contribution in [1.82, 2.24) is 14.7 Å². The molecule has 0 aliphatic carbocycles. The molecule has 0 radical (unpaired) electrons. The average Bonchev–Trinajstić information content (AvgIpc) is 2.57. The zero-order valence-electron chi connectivity index (χ0n) is 12.9. The van der Waals surface area contributed by atoms with Crippen molar-refractivity contribution in [3.8, 4) is 0 Å². The second kappa shape index (κ2) is 6.79. The highest BCUT2D eigenvalue weighted by molar-refractivity contribution is 5.81. The molecule has 1 aliphatic rings. The number of para-hydroxylation sites is 1. The minimum atomic E-state index is -0.956. The van der Waals surface area contributed by atoms with E-state index in [1.807, 2.05) is 0 Å². The number of rotatable bonds is 4. The van der Waals surface area contributed by atoms with Gasteiger partial charge in [0.25, 0.3) is 0 Å². The smallest absolute Gasteiger partial charge is 0.306 e. The minimum Gasteiger partial charge on any atom is -0.481 e. The number of fused-ring (bicyclic) bond motifs is 1. The molecular weight excluding hydrogens is 314 g/mol. The van der Waals surface area contributed by atoms with Gasteiger partial charge in [-0.25, -0.2) is 0 Å². The first-order valence-corrected chi connectivity index (χ1v) is 7.60. The van der Waals surface area contributed by atoms with Crippen LogP contribution < -0.4 is 5.43 Å². The Morgan fingerprint density at radius 3 is 2.92 bits per heavy atom. The second-order valence-electron chi connectivity index (χ2n) is 5.61. The van der Waals surface area contributed by atoms with Crippen LogP contribution >= 0.6 is 0 Å². The molecule has 2 aromatic rings. The van der Waals surface area contributed by atoms with E-state index in [1.165, 1.54) is 10.9 Å². The highest BCUT2D eigenvalue weighted by atomic mass is 16.5. The highest BCUT2D eigenvalue weighted by Gasteiger charge is 2.26. The molecule has 1 aromatic carbocycles. The summed E-state index contributed by atoms with van der Waals surface area (Å²) in [6.07, 6.45) is 0.560. The van der Waals surface area contributed by atoms with E-state index in [0.29, 0.717) is 24.1 Å². The van der Waals surface area contributed by atoms with Gasteiger partial charge in [0.2, 0.25) is 11.3 Å². The molecule has 0 bridgehead atoms. The molecular formula is C16H17N3O5. The fourth-order valence-corrected chi connectivity index (χ4v) is 2.78. The van der Waals surface area contributed by atoms with Gasteiger partial charge in [0.15, 0.2) is 0 Å². The normalized spacial score (nSPS) is 17.8. The second-order valence-corrected chi connectivity index (χ2v) is 5.61. The molecule has 24 heavy (non-hydrogen) atoms. The standard InChI is InChI=1S/C16H17N3O5/c20-14-8-17-19(13-4-2-1-3-12(13)14)10-15(21)18-5-6-24-11(9-18)7-16(22)23/h1-4,8,11H,5-7,9-10H2,(H,22,23)/t11-/m1/s1. The van der Waals surface area contributed by atoms with Gasteiger partial charge in [-0.3, -0.25) is 19.1 Å². The fraction of sp³-hybridized carbons (Fsp3) is 0.375. The zero-order valence-corrected chi connectivity index (χ0v) is 12.9. The molecule has 8 heteroatoms. The number of morpholine rings is 1. The summed E-state index contributed by atoms with van der Waals surface area (Å²) in [5.41, 5.74) is 0.399. The lowest BCUT2D eigenvalue weighted by atomic mass is 10.2. The Bertz CT molecular complexity index is 832. The Morgan fingerprint density at radius 2 is 2.12 bits per heavy atom. The van der Waals surface area contributed by atoms with Crippen LogP contribution in [0.15, 0.2) is 35.3 Å². The van der Waals surface area contributed by atoms with E-state index in [9.17, 15) is 14.4 Å². The predicted molar refractivity (Wildman–Crippen MR) is 84.6 cm³/mol. The maximum atomic E-state index is 12.5. The van der Waals surface area contributed by atoms with Gasteiger partial charge in [0, 0.05) is 18.5 Å². The molecule has 0 saturated carbocycles.